The number of benzene rings is 1. The van der Waals surface area contributed by atoms with E-state index in [1.54, 1.807) is 6.07 Å². The minimum atomic E-state index is 0.523. The van der Waals surface area contributed by atoms with Crippen LogP contribution in [0.3, 0.4) is 0 Å². The van der Waals surface area contributed by atoms with E-state index in [9.17, 15) is 5.26 Å². The molecule has 0 bridgehead atoms. The van der Waals surface area contributed by atoms with Crippen molar-refractivity contribution in [2.45, 2.75) is 12.8 Å². The number of nitriles is 1. The van der Waals surface area contributed by atoms with Crippen molar-refractivity contribution in [2.75, 3.05) is 18.8 Å². The molecule has 1 heterocycles. The summed E-state index contributed by atoms with van der Waals surface area (Å²) < 4.78 is 0. The first-order valence-electron chi connectivity index (χ1n) is 6.00. The molecule has 2 rings (SSSR count). The molecule has 0 spiro atoms. The van der Waals surface area contributed by atoms with Gasteiger partial charge in [-0.05, 0) is 31.5 Å². The third-order valence-electron chi connectivity index (χ3n) is 3.24. The number of hydrogen-bond donors (Lipinski definition) is 3. The number of piperidine rings is 1. The average Bonchev–Trinajstić information content (AvgIpc) is 2.43. The predicted octanol–water partition coefficient (Wildman–Crippen LogP) is 1.93. The molecule has 0 aliphatic carbocycles. The molecule has 1 aliphatic heterocycles. The van der Waals surface area contributed by atoms with Crippen molar-refractivity contribution in [1.82, 2.24) is 5.32 Å². The predicted molar refractivity (Wildman–Crippen MR) is 73.4 cm³/mol. The molecule has 0 atom stereocenters. The largest absolute Gasteiger partial charge is 0.398 e. The number of nitrogens with zero attached hydrogens (tertiary/aromatic N) is 1. The first-order chi connectivity index (χ1) is 8.77. The summed E-state index contributed by atoms with van der Waals surface area (Å²) in [6.45, 7) is 1.81. The summed E-state index contributed by atoms with van der Waals surface area (Å²) in [6, 6.07) is 7.76. The topological polar surface area (TPSA) is 85.7 Å². The van der Waals surface area contributed by atoms with E-state index in [1.807, 2.05) is 12.1 Å². The Labute approximate surface area is 107 Å². The van der Waals surface area contributed by atoms with Gasteiger partial charge in [0.15, 0.2) is 0 Å². The molecule has 0 aromatic heterocycles. The third kappa shape index (κ3) is 2.27. The Balaban J connectivity index is 2.52. The highest BCUT2D eigenvalue weighted by Gasteiger charge is 2.15. The van der Waals surface area contributed by atoms with Crippen LogP contribution in [-0.4, -0.2) is 19.3 Å². The van der Waals surface area contributed by atoms with Gasteiger partial charge in [0.2, 0.25) is 0 Å². The first kappa shape index (κ1) is 12.3. The van der Waals surface area contributed by atoms with Gasteiger partial charge < -0.3 is 16.5 Å². The van der Waals surface area contributed by atoms with Crippen molar-refractivity contribution in [1.29, 1.82) is 10.7 Å². The lowest BCUT2D eigenvalue weighted by Crippen LogP contribution is -2.23. The minimum Gasteiger partial charge on any atom is -0.398 e. The summed E-state index contributed by atoms with van der Waals surface area (Å²) in [5.41, 5.74) is 9.81. The molecule has 1 saturated heterocycles. The fourth-order valence-corrected chi connectivity index (χ4v) is 2.24. The van der Waals surface area contributed by atoms with E-state index in [0.717, 1.165) is 37.1 Å². The normalized spacial score (nSPS) is 14.9. The summed E-state index contributed by atoms with van der Waals surface area (Å²) in [7, 11) is 0. The Morgan fingerprint density at radius 1 is 1.39 bits per heavy atom. The number of nitrogens with two attached hydrogens (primary N) is 1. The van der Waals surface area contributed by atoms with Crippen LogP contribution in [0.5, 0.6) is 0 Å². The standard InChI is InChI=1S/C14H16N4/c15-8-11-2-1-3-12(14(11)17)13(9-16)10-4-6-18-7-5-10/h1-3,8,15,18H,4-7,17H2. The molecule has 92 valence electrons. The molecule has 0 amide bonds. The summed E-state index contributed by atoms with van der Waals surface area (Å²) in [5, 5.41) is 20.0. The lowest BCUT2D eigenvalue weighted by Gasteiger charge is -2.18. The lowest BCUT2D eigenvalue weighted by molar-refractivity contribution is 0.612. The first-order valence-corrected chi connectivity index (χ1v) is 6.00. The number of para-hydroxylation sites is 1. The number of nitrogen functional groups attached to an aromatic ring is 1. The minimum absolute atomic E-state index is 0.523. The van der Waals surface area contributed by atoms with E-state index in [1.165, 1.54) is 6.21 Å². The second kappa shape index (κ2) is 5.48. The van der Waals surface area contributed by atoms with Gasteiger partial charge in [-0.3, -0.25) is 0 Å². The SMILES string of the molecule is N#CC(=C1CCNCC1)c1cccc(C=N)c1N. The van der Waals surface area contributed by atoms with Crippen LogP contribution in [0.15, 0.2) is 23.8 Å². The number of hydrogen-bond acceptors (Lipinski definition) is 4. The zero-order chi connectivity index (χ0) is 13.0. The number of rotatable bonds is 2. The summed E-state index contributed by atoms with van der Waals surface area (Å²) in [6.07, 6.45) is 3.00. The van der Waals surface area contributed by atoms with Gasteiger partial charge in [-0.1, -0.05) is 18.2 Å². The van der Waals surface area contributed by atoms with Gasteiger partial charge in [0.05, 0.1) is 11.6 Å². The molecule has 18 heavy (non-hydrogen) atoms. The van der Waals surface area contributed by atoms with Crippen molar-refractivity contribution in [3.8, 4) is 6.07 Å². The molecular formula is C14H16N4. The summed E-state index contributed by atoms with van der Waals surface area (Å²) in [5.74, 6) is 0. The number of nitrogens with one attached hydrogen (secondary N) is 2. The molecule has 4 N–H and O–H groups in total. The lowest BCUT2D eigenvalue weighted by atomic mass is 9.92. The van der Waals surface area contributed by atoms with E-state index in [0.29, 0.717) is 16.8 Å². The van der Waals surface area contributed by atoms with Crippen molar-refractivity contribution in [3.63, 3.8) is 0 Å². The molecule has 0 radical (unpaired) electrons. The van der Waals surface area contributed by atoms with Crippen molar-refractivity contribution in [2.24, 2.45) is 0 Å². The van der Waals surface area contributed by atoms with Crippen LogP contribution in [0.2, 0.25) is 0 Å². The maximum Gasteiger partial charge on any atom is 0.0998 e. The molecule has 1 aromatic carbocycles. The fraction of sp³-hybridized carbons (Fsp3) is 0.286. The molecule has 1 aromatic rings. The maximum absolute atomic E-state index is 9.38. The van der Waals surface area contributed by atoms with Crippen LogP contribution in [0.4, 0.5) is 5.69 Å². The van der Waals surface area contributed by atoms with E-state index >= 15 is 0 Å². The van der Waals surface area contributed by atoms with E-state index in [4.69, 9.17) is 11.1 Å². The van der Waals surface area contributed by atoms with Crippen LogP contribution < -0.4 is 11.1 Å². The summed E-state index contributed by atoms with van der Waals surface area (Å²) in [4.78, 5) is 0. The summed E-state index contributed by atoms with van der Waals surface area (Å²) >= 11 is 0. The van der Waals surface area contributed by atoms with Crippen LogP contribution in [0, 0.1) is 16.7 Å². The van der Waals surface area contributed by atoms with Gasteiger partial charge in [0, 0.05) is 23.0 Å². The maximum atomic E-state index is 9.38. The van der Waals surface area contributed by atoms with E-state index in [2.05, 4.69) is 11.4 Å². The third-order valence-corrected chi connectivity index (χ3v) is 3.24. The Bertz CT molecular complexity index is 529. The number of anilines is 1. The molecule has 1 aliphatic rings. The van der Waals surface area contributed by atoms with Gasteiger partial charge in [-0.2, -0.15) is 5.26 Å². The Morgan fingerprint density at radius 2 is 2.11 bits per heavy atom. The van der Waals surface area contributed by atoms with E-state index in [-0.39, 0.29) is 0 Å². The highest BCUT2D eigenvalue weighted by atomic mass is 14.9. The monoisotopic (exact) mass is 240 g/mol. The highest BCUT2D eigenvalue weighted by Crippen LogP contribution is 2.29. The highest BCUT2D eigenvalue weighted by molar-refractivity contribution is 5.94. The molecular weight excluding hydrogens is 224 g/mol. The number of allylic oxidation sites excluding steroid dienone is 1. The van der Waals surface area contributed by atoms with Gasteiger partial charge in [-0.15, -0.1) is 0 Å². The van der Waals surface area contributed by atoms with Crippen molar-refractivity contribution in [3.05, 3.63) is 34.9 Å². The Kier molecular flexibility index (Phi) is 3.75. The average molecular weight is 240 g/mol. The quantitative estimate of drug-likeness (QED) is 0.419. The van der Waals surface area contributed by atoms with Gasteiger partial charge in [-0.25, -0.2) is 0 Å². The molecule has 0 unspecified atom stereocenters. The molecule has 1 fully saturated rings. The molecule has 0 saturated carbocycles. The van der Waals surface area contributed by atoms with Crippen molar-refractivity contribution < 1.29 is 0 Å². The van der Waals surface area contributed by atoms with Crippen molar-refractivity contribution >= 4 is 17.5 Å². The van der Waals surface area contributed by atoms with Crippen LogP contribution in [0.1, 0.15) is 24.0 Å². The van der Waals surface area contributed by atoms with Crippen LogP contribution >= 0.6 is 0 Å². The Morgan fingerprint density at radius 3 is 2.72 bits per heavy atom. The van der Waals surface area contributed by atoms with Gasteiger partial charge >= 0.3 is 0 Å². The van der Waals surface area contributed by atoms with Crippen LogP contribution in [0.25, 0.3) is 5.57 Å². The van der Waals surface area contributed by atoms with Gasteiger partial charge in [0.25, 0.3) is 0 Å². The van der Waals surface area contributed by atoms with Crippen LogP contribution in [-0.2, 0) is 0 Å². The fourth-order valence-electron chi connectivity index (χ4n) is 2.24. The van der Waals surface area contributed by atoms with E-state index < -0.39 is 0 Å². The molecule has 4 heteroatoms. The second-order valence-corrected chi connectivity index (χ2v) is 4.29. The Hall–Kier alpha value is -2.12. The second-order valence-electron chi connectivity index (χ2n) is 4.29. The smallest absolute Gasteiger partial charge is 0.0998 e. The zero-order valence-corrected chi connectivity index (χ0v) is 10.2. The molecule has 4 nitrogen and oxygen atoms in total. The van der Waals surface area contributed by atoms with Gasteiger partial charge in [0.1, 0.15) is 0 Å². The zero-order valence-electron chi connectivity index (χ0n) is 10.2.